The molecular formula is C24H32ClN3O6. The second-order valence-electron chi connectivity index (χ2n) is 9.24. The van der Waals surface area contributed by atoms with E-state index in [0.717, 1.165) is 25.7 Å². The fourth-order valence-electron chi connectivity index (χ4n) is 4.33. The molecule has 0 radical (unpaired) electrons. The summed E-state index contributed by atoms with van der Waals surface area (Å²) >= 11 is 6.28. The van der Waals surface area contributed by atoms with Crippen LogP contribution in [0.4, 0.5) is 0 Å². The Labute approximate surface area is 203 Å². The minimum atomic E-state index is -0.902. The average molecular weight is 494 g/mol. The first kappa shape index (κ1) is 24.9. The number of nitrogens with one attached hydrogen (secondary N) is 1. The van der Waals surface area contributed by atoms with Crippen molar-refractivity contribution < 1.29 is 24.5 Å². The number of carbonyl (C=O) groups is 1. The summed E-state index contributed by atoms with van der Waals surface area (Å²) in [4.78, 5) is 25.7. The number of ether oxygens (including phenoxy) is 2. The lowest BCUT2D eigenvalue weighted by atomic mass is 9.94. The number of hydrogen-bond acceptors (Lipinski definition) is 6. The van der Waals surface area contributed by atoms with Crippen molar-refractivity contribution in [3.63, 3.8) is 0 Å². The Morgan fingerprint density at radius 1 is 1.24 bits per heavy atom. The molecule has 1 aliphatic heterocycles. The van der Waals surface area contributed by atoms with Gasteiger partial charge in [0.15, 0.2) is 0 Å². The van der Waals surface area contributed by atoms with Crippen molar-refractivity contribution in [1.82, 2.24) is 14.5 Å². The van der Waals surface area contributed by atoms with E-state index in [2.05, 4.69) is 5.32 Å². The van der Waals surface area contributed by atoms with Crippen LogP contribution in [0.25, 0.3) is 5.69 Å². The molecule has 10 heteroatoms. The number of halogens is 1. The fraction of sp³-hybridized carbons (Fsp3) is 0.583. The van der Waals surface area contributed by atoms with Crippen molar-refractivity contribution in [3.05, 3.63) is 51.7 Å². The summed E-state index contributed by atoms with van der Waals surface area (Å²) in [6, 6.07) is 4.77. The second-order valence-corrected chi connectivity index (χ2v) is 9.64. The van der Waals surface area contributed by atoms with Crippen molar-refractivity contribution in [2.45, 2.75) is 62.9 Å². The highest BCUT2D eigenvalue weighted by atomic mass is 35.5. The quantitative estimate of drug-likeness (QED) is 0.459. The molecule has 4 rings (SSSR count). The Morgan fingerprint density at radius 2 is 1.97 bits per heavy atom. The van der Waals surface area contributed by atoms with Crippen LogP contribution >= 0.6 is 11.6 Å². The van der Waals surface area contributed by atoms with Gasteiger partial charge in [-0.1, -0.05) is 37.3 Å². The van der Waals surface area contributed by atoms with E-state index in [-0.39, 0.29) is 42.1 Å². The monoisotopic (exact) mass is 493 g/mol. The molecule has 2 fully saturated rings. The maximum absolute atomic E-state index is 12.9. The third kappa shape index (κ3) is 6.09. The Hall–Kier alpha value is -2.17. The molecule has 1 atom stereocenters. The number of amides is 1. The van der Waals surface area contributed by atoms with Crippen molar-refractivity contribution >= 4 is 17.5 Å². The van der Waals surface area contributed by atoms with Gasteiger partial charge in [0, 0.05) is 18.9 Å². The average Bonchev–Trinajstić information content (AvgIpc) is 2.99. The zero-order valence-corrected chi connectivity index (χ0v) is 19.9. The predicted molar refractivity (Wildman–Crippen MR) is 127 cm³/mol. The lowest BCUT2D eigenvalue weighted by Crippen LogP contribution is -2.42. The van der Waals surface area contributed by atoms with E-state index in [9.17, 15) is 19.8 Å². The van der Waals surface area contributed by atoms with Gasteiger partial charge in [0.25, 0.3) is 5.91 Å². The third-order valence-electron chi connectivity index (χ3n) is 6.47. The summed E-state index contributed by atoms with van der Waals surface area (Å²) in [6.07, 6.45) is 7.72. The van der Waals surface area contributed by atoms with Gasteiger partial charge in [0.1, 0.15) is 6.10 Å². The summed E-state index contributed by atoms with van der Waals surface area (Å²) < 4.78 is 13.3. The number of benzene rings is 1. The summed E-state index contributed by atoms with van der Waals surface area (Å²) in [5.74, 6) is -0.399. The van der Waals surface area contributed by atoms with E-state index >= 15 is 0 Å². The first-order valence-electron chi connectivity index (χ1n) is 11.8. The van der Waals surface area contributed by atoms with Crippen LogP contribution in [-0.4, -0.2) is 69.4 Å². The number of hydrogen-bond donors (Lipinski definition) is 3. The van der Waals surface area contributed by atoms with Crippen LogP contribution < -0.4 is 11.0 Å². The number of aliphatic hydroxyl groups is 2. The van der Waals surface area contributed by atoms with Gasteiger partial charge in [0.2, 0.25) is 0 Å². The van der Waals surface area contributed by atoms with Gasteiger partial charge < -0.3 is 25.0 Å². The van der Waals surface area contributed by atoms with Crippen LogP contribution in [0.3, 0.4) is 0 Å². The Morgan fingerprint density at radius 3 is 2.65 bits per heavy atom. The lowest BCUT2D eigenvalue weighted by Gasteiger charge is -2.27. The van der Waals surface area contributed by atoms with Crippen LogP contribution in [0.1, 0.15) is 48.9 Å². The van der Waals surface area contributed by atoms with E-state index in [4.69, 9.17) is 21.1 Å². The molecule has 2 heterocycles. The minimum absolute atomic E-state index is 0.00197. The summed E-state index contributed by atoms with van der Waals surface area (Å²) in [5, 5.41) is 24.1. The zero-order chi connectivity index (χ0) is 24.1. The second kappa shape index (κ2) is 11.0. The maximum Gasteiger partial charge on any atom is 0.332 e. The van der Waals surface area contributed by atoms with Gasteiger partial charge in [-0.25, -0.2) is 4.79 Å². The maximum atomic E-state index is 12.9. The van der Waals surface area contributed by atoms with Gasteiger partial charge in [-0.15, -0.1) is 0 Å². The summed E-state index contributed by atoms with van der Waals surface area (Å²) in [5.41, 5.74) is -0.552. The molecule has 0 spiro atoms. The van der Waals surface area contributed by atoms with E-state index in [1.807, 2.05) is 0 Å². The third-order valence-corrected chi connectivity index (χ3v) is 6.80. The highest BCUT2D eigenvalue weighted by Gasteiger charge is 2.29. The molecule has 9 nitrogen and oxygen atoms in total. The van der Waals surface area contributed by atoms with Gasteiger partial charge in [-0.2, -0.15) is 0 Å². The molecule has 186 valence electrons. The molecule has 0 bridgehead atoms. The molecular weight excluding hydrogens is 462 g/mol. The minimum Gasteiger partial charge on any atom is -0.389 e. The molecule has 1 amide bonds. The van der Waals surface area contributed by atoms with E-state index in [1.54, 1.807) is 30.6 Å². The highest BCUT2D eigenvalue weighted by molar-refractivity contribution is 6.33. The molecule has 2 aliphatic rings. The standard InChI is InChI=1S/C24H32ClN3O6/c25-21-6-5-17(11-20(21)22(30)26-16-24(32)7-3-1-2-4-8-24)28-10-9-27(23(28)31)12-18(29)13-34-19-14-33-15-19/h5-6,9-11,18-19,29,32H,1-4,7-8,12-16H2,(H,26,30). The van der Waals surface area contributed by atoms with Crippen molar-refractivity contribution in [1.29, 1.82) is 0 Å². The van der Waals surface area contributed by atoms with Crippen LogP contribution in [-0.2, 0) is 16.0 Å². The Bertz CT molecular complexity index is 1040. The molecule has 1 saturated carbocycles. The van der Waals surface area contributed by atoms with Gasteiger partial charge in [-0.3, -0.25) is 13.9 Å². The largest absolute Gasteiger partial charge is 0.389 e. The van der Waals surface area contributed by atoms with Gasteiger partial charge in [0.05, 0.1) is 54.3 Å². The molecule has 3 N–H and O–H groups in total. The number of imidazole rings is 1. The fourth-order valence-corrected chi connectivity index (χ4v) is 4.53. The van der Waals surface area contributed by atoms with Gasteiger partial charge >= 0.3 is 5.69 Å². The molecule has 1 aromatic heterocycles. The van der Waals surface area contributed by atoms with E-state index in [1.165, 1.54) is 9.13 Å². The number of rotatable bonds is 9. The molecule has 1 unspecified atom stereocenters. The first-order chi connectivity index (χ1) is 16.3. The topological polar surface area (TPSA) is 115 Å². The van der Waals surface area contributed by atoms with Crippen molar-refractivity contribution in [2.75, 3.05) is 26.4 Å². The molecule has 1 saturated heterocycles. The molecule has 1 aliphatic carbocycles. The summed E-state index contributed by atoms with van der Waals surface area (Å²) in [7, 11) is 0. The molecule has 1 aromatic carbocycles. The van der Waals surface area contributed by atoms with Gasteiger partial charge in [-0.05, 0) is 31.0 Å². The van der Waals surface area contributed by atoms with Crippen molar-refractivity contribution in [3.8, 4) is 5.69 Å². The highest BCUT2D eigenvalue weighted by Crippen LogP contribution is 2.27. The number of aromatic nitrogens is 2. The van der Waals surface area contributed by atoms with Crippen LogP contribution in [0.15, 0.2) is 35.4 Å². The van der Waals surface area contributed by atoms with Crippen molar-refractivity contribution in [2.24, 2.45) is 0 Å². The van der Waals surface area contributed by atoms with Crippen LogP contribution in [0.5, 0.6) is 0 Å². The molecule has 2 aromatic rings. The SMILES string of the molecule is O=C(NCC1(O)CCCCCC1)c1cc(-n2ccn(CC(O)COC3COC3)c2=O)ccc1Cl. The van der Waals surface area contributed by atoms with Crippen LogP contribution in [0.2, 0.25) is 5.02 Å². The predicted octanol–water partition coefficient (Wildman–Crippen LogP) is 1.88. The van der Waals surface area contributed by atoms with E-state index < -0.39 is 17.6 Å². The molecule has 34 heavy (non-hydrogen) atoms. The normalized spacial score (nSPS) is 19.3. The number of carbonyl (C=O) groups excluding carboxylic acids is 1. The number of nitrogens with zero attached hydrogens (tertiary/aromatic N) is 2. The zero-order valence-electron chi connectivity index (χ0n) is 19.1. The van der Waals surface area contributed by atoms with Crippen LogP contribution in [0, 0.1) is 0 Å². The smallest absolute Gasteiger partial charge is 0.332 e. The first-order valence-corrected chi connectivity index (χ1v) is 12.2. The Balaban J connectivity index is 1.42. The Kier molecular flexibility index (Phi) is 8.10. The summed E-state index contributed by atoms with van der Waals surface area (Å²) in [6.45, 7) is 1.40. The number of aliphatic hydroxyl groups excluding tert-OH is 1. The van der Waals surface area contributed by atoms with E-state index in [0.29, 0.717) is 31.7 Å². The lowest BCUT2D eigenvalue weighted by molar-refractivity contribution is -0.144.